The van der Waals surface area contributed by atoms with Crippen LogP contribution in [0.3, 0.4) is 0 Å². The van der Waals surface area contributed by atoms with Gasteiger partial charge in [-0.25, -0.2) is 4.79 Å². The highest BCUT2D eigenvalue weighted by Gasteiger charge is 2.56. The molecule has 154 valence electrons. The molecule has 4 rings (SSSR count). The van der Waals surface area contributed by atoms with Crippen molar-refractivity contribution in [2.45, 2.75) is 50.7 Å². The van der Waals surface area contributed by atoms with Crippen molar-refractivity contribution in [3.8, 4) is 0 Å². The summed E-state index contributed by atoms with van der Waals surface area (Å²) in [5.74, 6) is 0.166. The summed E-state index contributed by atoms with van der Waals surface area (Å²) in [5.41, 5.74) is -0.769. The fraction of sp³-hybridized carbons (Fsp3) is 0.476. The lowest BCUT2D eigenvalue weighted by Gasteiger charge is -2.35. The van der Waals surface area contributed by atoms with Gasteiger partial charge in [-0.2, -0.15) is 0 Å². The number of furan rings is 1. The van der Waals surface area contributed by atoms with Gasteiger partial charge in [0.1, 0.15) is 17.8 Å². The number of urea groups is 1. The van der Waals surface area contributed by atoms with Crippen LogP contribution in [0.5, 0.6) is 0 Å². The molecule has 2 fully saturated rings. The minimum absolute atomic E-state index is 0.230. The number of carbonyl (C=O) groups is 3. The van der Waals surface area contributed by atoms with Gasteiger partial charge in [-0.3, -0.25) is 14.5 Å². The molecule has 0 aromatic carbocycles. The maximum absolute atomic E-state index is 13.2. The Kier molecular flexibility index (Phi) is 5.45. The van der Waals surface area contributed by atoms with Gasteiger partial charge in [0.2, 0.25) is 5.91 Å². The Morgan fingerprint density at radius 2 is 1.97 bits per heavy atom. The number of hydrogen-bond donors (Lipinski definition) is 0. The number of thiophene rings is 1. The van der Waals surface area contributed by atoms with Crippen LogP contribution in [0.25, 0.3) is 0 Å². The van der Waals surface area contributed by atoms with Crippen molar-refractivity contribution in [3.63, 3.8) is 0 Å². The molecule has 2 aromatic rings. The molecule has 7 nitrogen and oxygen atoms in total. The molecular weight excluding hydrogens is 390 g/mol. The third-order valence-electron chi connectivity index (χ3n) is 5.98. The van der Waals surface area contributed by atoms with E-state index in [4.69, 9.17) is 4.42 Å². The van der Waals surface area contributed by atoms with Crippen molar-refractivity contribution in [1.29, 1.82) is 0 Å². The van der Waals surface area contributed by atoms with Crippen LogP contribution >= 0.6 is 11.3 Å². The van der Waals surface area contributed by atoms with Crippen molar-refractivity contribution >= 4 is 29.2 Å². The predicted octanol–water partition coefficient (Wildman–Crippen LogP) is 3.47. The van der Waals surface area contributed by atoms with Crippen LogP contribution in [0, 0.1) is 0 Å². The quantitative estimate of drug-likeness (QED) is 0.677. The monoisotopic (exact) mass is 415 g/mol. The Labute approximate surface area is 173 Å². The Morgan fingerprint density at radius 3 is 2.62 bits per heavy atom. The van der Waals surface area contributed by atoms with E-state index in [0.717, 1.165) is 29.0 Å². The number of carbonyl (C=O) groups excluding carboxylic acids is 3. The highest BCUT2D eigenvalue weighted by Crippen LogP contribution is 2.39. The van der Waals surface area contributed by atoms with E-state index in [-0.39, 0.29) is 24.4 Å². The van der Waals surface area contributed by atoms with Gasteiger partial charge >= 0.3 is 6.03 Å². The average Bonchev–Trinajstić information content (AvgIpc) is 3.47. The first-order chi connectivity index (χ1) is 14.0. The molecule has 1 aliphatic heterocycles. The number of likely N-dealkylation sites (N-methyl/N-ethyl adjacent to an activating group) is 1. The van der Waals surface area contributed by atoms with Crippen LogP contribution < -0.4 is 0 Å². The zero-order chi connectivity index (χ0) is 20.4. The highest BCUT2D eigenvalue weighted by atomic mass is 32.1. The van der Waals surface area contributed by atoms with Gasteiger partial charge < -0.3 is 14.2 Å². The summed E-state index contributed by atoms with van der Waals surface area (Å²) >= 11 is 1.56. The molecule has 0 unspecified atom stereocenters. The van der Waals surface area contributed by atoms with E-state index in [9.17, 15) is 14.4 Å². The molecule has 2 aliphatic rings. The maximum Gasteiger partial charge on any atom is 0.327 e. The fourth-order valence-corrected chi connectivity index (χ4v) is 5.04. The fourth-order valence-electron chi connectivity index (χ4n) is 4.32. The summed E-state index contributed by atoms with van der Waals surface area (Å²) in [4.78, 5) is 44.5. The summed E-state index contributed by atoms with van der Waals surface area (Å²) in [6, 6.07) is 7.11. The van der Waals surface area contributed by atoms with E-state index in [1.54, 1.807) is 40.5 Å². The molecule has 8 heteroatoms. The molecule has 1 saturated carbocycles. The minimum atomic E-state index is -0.769. The first kappa shape index (κ1) is 19.7. The molecule has 4 amide bonds. The Bertz CT molecular complexity index is 836. The molecule has 3 heterocycles. The van der Waals surface area contributed by atoms with E-state index >= 15 is 0 Å². The number of imide groups is 1. The number of amides is 4. The Balaban J connectivity index is 1.51. The summed E-state index contributed by atoms with van der Waals surface area (Å²) in [5, 5.41) is 1.96. The van der Waals surface area contributed by atoms with Crippen LogP contribution in [-0.2, 0) is 22.7 Å². The molecule has 0 radical (unpaired) electrons. The number of nitrogens with zero attached hydrogens (tertiary/aromatic N) is 3. The van der Waals surface area contributed by atoms with Crippen LogP contribution in [0.1, 0.15) is 42.7 Å². The third kappa shape index (κ3) is 3.69. The average molecular weight is 416 g/mol. The molecule has 1 aliphatic carbocycles. The summed E-state index contributed by atoms with van der Waals surface area (Å²) in [6.45, 7) is 0.463. The second kappa shape index (κ2) is 8.02. The van der Waals surface area contributed by atoms with Gasteiger partial charge in [-0.05, 0) is 36.4 Å². The molecule has 2 aromatic heterocycles. The molecular formula is C21H25N3O4S. The lowest BCUT2D eigenvalue weighted by atomic mass is 9.81. The van der Waals surface area contributed by atoms with Gasteiger partial charge in [0, 0.05) is 11.9 Å². The van der Waals surface area contributed by atoms with Crippen molar-refractivity contribution in [3.05, 3.63) is 46.5 Å². The van der Waals surface area contributed by atoms with Crippen molar-refractivity contribution in [2.75, 3.05) is 13.6 Å². The lowest BCUT2D eigenvalue weighted by molar-refractivity contribution is -0.141. The van der Waals surface area contributed by atoms with Crippen molar-refractivity contribution in [2.24, 2.45) is 0 Å². The van der Waals surface area contributed by atoms with E-state index in [1.165, 1.54) is 0 Å². The lowest BCUT2D eigenvalue weighted by Crippen LogP contribution is -2.49. The summed E-state index contributed by atoms with van der Waals surface area (Å²) in [6.07, 6.45) is 5.84. The number of rotatable bonds is 6. The molecule has 1 spiro atoms. The number of hydrogen-bond acceptors (Lipinski definition) is 5. The van der Waals surface area contributed by atoms with Crippen LogP contribution in [0.2, 0.25) is 0 Å². The summed E-state index contributed by atoms with van der Waals surface area (Å²) < 4.78 is 5.41. The van der Waals surface area contributed by atoms with Crippen LogP contribution in [0.4, 0.5) is 4.79 Å². The predicted molar refractivity (Wildman–Crippen MR) is 108 cm³/mol. The van der Waals surface area contributed by atoms with Crippen LogP contribution in [-0.4, -0.2) is 51.7 Å². The normalized spacial score (nSPS) is 18.7. The first-order valence-corrected chi connectivity index (χ1v) is 10.8. The van der Waals surface area contributed by atoms with E-state index < -0.39 is 5.54 Å². The van der Waals surface area contributed by atoms with E-state index in [2.05, 4.69) is 0 Å². The topological polar surface area (TPSA) is 74.1 Å². The van der Waals surface area contributed by atoms with Gasteiger partial charge in [0.05, 0.1) is 19.4 Å². The maximum atomic E-state index is 13.2. The Hall–Kier alpha value is -2.61. The van der Waals surface area contributed by atoms with E-state index in [1.807, 2.05) is 23.6 Å². The SMILES string of the molecule is CN1C(=O)N(CC(=O)N(Cc2ccco2)Cc2cccs2)C(=O)C12CCCCC2. The van der Waals surface area contributed by atoms with E-state index in [0.29, 0.717) is 31.7 Å². The molecule has 0 bridgehead atoms. The smallest absolute Gasteiger partial charge is 0.327 e. The molecule has 0 atom stereocenters. The van der Waals surface area contributed by atoms with Crippen molar-refractivity contribution < 1.29 is 18.8 Å². The second-order valence-corrected chi connectivity index (χ2v) is 8.77. The second-order valence-electron chi connectivity index (χ2n) is 7.73. The summed E-state index contributed by atoms with van der Waals surface area (Å²) in [7, 11) is 1.68. The zero-order valence-electron chi connectivity index (χ0n) is 16.5. The van der Waals surface area contributed by atoms with Gasteiger partial charge in [0.15, 0.2) is 0 Å². The van der Waals surface area contributed by atoms with Gasteiger partial charge in [0.25, 0.3) is 5.91 Å². The standard InChI is InChI=1S/C21H25N3O4S/c1-22-20(27)24(19(26)21(22)9-3-2-4-10-21)15-18(25)23(13-16-7-5-11-28-16)14-17-8-6-12-29-17/h5-8,11-12H,2-4,9-10,13-15H2,1H3. The third-order valence-corrected chi connectivity index (χ3v) is 6.84. The minimum Gasteiger partial charge on any atom is -0.467 e. The molecule has 29 heavy (non-hydrogen) atoms. The highest BCUT2D eigenvalue weighted by molar-refractivity contribution is 7.09. The molecule has 0 N–H and O–H groups in total. The van der Waals surface area contributed by atoms with Crippen LogP contribution in [0.15, 0.2) is 40.3 Å². The first-order valence-electron chi connectivity index (χ1n) is 9.93. The van der Waals surface area contributed by atoms with Gasteiger partial charge in [-0.1, -0.05) is 25.3 Å². The largest absolute Gasteiger partial charge is 0.467 e. The van der Waals surface area contributed by atoms with Gasteiger partial charge in [-0.15, -0.1) is 11.3 Å². The Morgan fingerprint density at radius 1 is 1.17 bits per heavy atom. The molecule has 1 saturated heterocycles. The zero-order valence-corrected chi connectivity index (χ0v) is 17.3. The van der Waals surface area contributed by atoms with Crippen molar-refractivity contribution in [1.82, 2.24) is 14.7 Å².